The Labute approximate surface area is 163 Å². The number of rotatable bonds is 6. The van der Waals surface area contributed by atoms with E-state index >= 15 is 0 Å². The highest BCUT2D eigenvalue weighted by Crippen LogP contribution is 2.39. The van der Waals surface area contributed by atoms with Crippen molar-refractivity contribution in [1.82, 2.24) is 4.83 Å². The van der Waals surface area contributed by atoms with Gasteiger partial charge in [-0.1, -0.05) is 17.7 Å². The Morgan fingerprint density at radius 1 is 1.28 bits per heavy atom. The highest BCUT2D eigenvalue weighted by atomic mass is 79.9. The van der Waals surface area contributed by atoms with Crippen molar-refractivity contribution < 1.29 is 18.3 Å². The lowest BCUT2D eigenvalue weighted by molar-refractivity contribution is 0.317. The van der Waals surface area contributed by atoms with Crippen LogP contribution in [0.2, 0.25) is 0 Å². The number of hydrazone groups is 1. The number of hydrogen-bond acceptors (Lipinski definition) is 5. The summed E-state index contributed by atoms with van der Waals surface area (Å²) in [7, 11) is -3.79. The molecule has 2 rings (SSSR count). The largest absolute Gasteiger partial charge is 0.504 e. The van der Waals surface area contributed by atoms with E-state index in [0.717, 1.165) is 5.56 Å². The van der Waals surface area contributed by atoms with E-state index in [9.17, 15) is 13.5 Å². The smallest absolute Gasteiger partial charge is 0.276 e. The van der Waals surface area contributed by atoms with E-state index < -0.39 is 10.0 Å². The molecule has 0 unspecified atom stereocenters. The van der Waals surface area contributed by atoms with E-state index in [-0.39, 0.29) is 22.0 Å². The van der Waals surface area contributed by atoms with Gasteiger partial charge < -0.3 is 9.84 Å². The second-order valence-electron chi connectivity index (χ2n) is 5.03. The number of nitrogens with zero attached hydrogens (tertiary/aromatic N) is 1. The summed E-state index contributed by atoms with van der Waals surface area (Å²) in [4.78, 5) is 2.22. The fraction of sp³-hybridized carbons (Fsp3) is 0.188. The minimum atomic E-state index is -3.79. The normalized spacial score (nSPS) is 11.7. The first-order valence-corrected chi connectivity index (χ1v) is 10.3. The van der Waals surface area contributed by atoms with E-state index in [1.165, 1.54) is 18.3 Å². The van der Waals surface area contributed by atoms with E-state index in [4.69, 9.17) is 4.74 Å². The number of ether oxygens (including phenoxy) is 1. The third-order valence-corrected chi connectivity index (χ3v) is 6.44. The molecule has 0 aromatic heterocycles. The van der Waals surface area contributed by atoms with Crippen LogP contribution in [0.3, 0.4) is 0 Å². The summed E-state index contributed by atoms with van der Waals surface area (Å²) in [6.45, 7) is 4.03. The van der Waals surface area contributed by atoms with Gasteiger partial charge in [-0.3, -0.25) is 0 Å². The lowest BCUT2D eigenvalue weighted by Crippen LogP contribution is -2.18. The Hall–Kier alpha value is -1.58. The van der Waals surface area contributed by atoms with Gasteiger partial charge in [-0.2, -0.15) is 13.5 Å². The van der Waals surface area contributed by atoms with Crippen LogP contribution < -0.4 is 9.57 Å². The Bertz CT molecular complexity index is 897. The number of phenols is 1. The number of sulfonamides is 1. The number of aromatic hydroxyl groups is 1. The van der Waals surface area contributed by atoms with Crippen LogP contribution in [0, 0.1) is 6.92 Å². The molecule has 0 saturated carbocycles. The van der Waals surface area contributed by atoms with Crippen molar-refractivity contribution in [2.75, 3.05) is 6.61 Å². The van der Waals surface area contributed by atoms with E-state index in [2.05, 4.69) is 41.8 Å². The molecule has 2 N–H and O–H groups in total. The molecule has 0 saturated heterocycles. The first kappa shape index (κ1) is 19.7. The monoisotopic (exact) mass is 490 g/mol. The highest BCUT2D eigenvalue weighted by molar-refractivity contribution is 9.13. The molecule has 0 aliphatic heterocycles. The van der Waals surface area contributed by atoms with Crippen molar-refractivity contribution in [3.8, 4) is 11.5 Å². The van der Waals surface area contributed by atoms with Crippen LogP contribution in [0.1, 0.15) is 18.1 Å². The van der Waals surface area contributed by atoms with Gasteiger partial charge >= 0.3 is 0 Å². The molecule has 2 aromatic rings. The molecule has 0 bridgehead atoms. The summed E-state index contributed by atoms with van der Waals surface area (Å²) < 4.78 is 30.9. The van der Waals surface area contributed by atoms with Gasteiger partial charge in [0.15, 0.2) is 11.5 Å². The summed E-state index contributed by atoms with van der Waals surface area (Å²) in [6.07, 6.45) is 1.21. The first-order chi connectivity index (χ1) is 11.8. The highest BCUT2D eigenvalue weighted by Gasteiger charge is 2.16. The topological polar surface area (TPSA) is 88.0 Å². The second-order valence-corrected chi connectivity index (χ2v) is 8.34. The number of benzene rings is 2. The van der Waals surface area contributed by atoms with Crippen molar-refractivity contribution in [3.05, 3.63) is 50.4 Å². The molecule has 0 atom stereocenters. The van der Waals surface area contributed by atoms with Gasteiger partial charge in [0.05, 0.1) is 23.3 Å². The van der Waals surface area contributed by atoms with Gasteiger partial charge in [0.25, 0.3) is 10.0 Å². The van der Waals surface area contributed by atoms with Crippen LogP contribution in [-0.4, -0.2) is 26.3 Å². The average Bonchev–Trinajstić information content (AvgIpc) is 2.56. The molecule has 0 fully saturated rings. The zero-order valence-corrected chi connectivity index (χ0v) is 17.4. The molecule has 0 spiro atoms. The van der Waals surface area contributed by atoms with Gasteiger partial charge in [-0.25, -0.2) is 4.83 Å². The molecule has 2 aromatic carbocycles. The zero-order chi connectivity index (χ0) is 18.6. The summed E-state index contributed by atoms with van der Waals surface area (Å²) in [6, 6.07) is 7.99. The average molecular weight is 492 g/mol. The summed E-state index contributed by atoms with van der Waals surface area (Å²) in [5.41, 5.74) is 1.23. The lowest BCUT2D eigenvalue weighted by Gasteiger charge is -2.11. The zero-order valence-electron chi connectivity index (χ0n) is 13.5. The third-order valence-electron chi connectivity index (χ3n) is 3.19. The lowest BCUT2D eigenvalue weighted by atomic mass is 10.2. The summed E-state index contributed by atoms with van der Waals surface area (Å²) in [5.74, 6) is 0.121. The molecule has 0 amide bonds. The maximum absolute atomic E-state index is 12.2. The molecule has 0 radical (unpaired) electrons. The van der Waals surface area contributed by atoms with Crippen LogP contribution >= 0.6 is 31.9 Å². The van der Waals surface area contributed by atoms with Gasteiger partial charge in [0.1, 0.15) is 0 Å². The predicted octanol–water partition coefficient (Wildman–Crippen LogP) is 3.94. The minimum Gasteiger partial charge on any atom is -0.504 e. The maximum Gasteiger partial charge on any atom is 0.276 e. The van der Waals surface area contributed by atoms with Crippen LogP contribution in [0.5, 0.6) is 11.5 Å². The molecule has 25 heavy (non-hydrogen) atoms. The predicted molar refractivity (Wildman–Crippen MR) is 104 cm³/mol. The van der Waals surface area contributed by atoms with Crippen LogP contribution in [0.25, 0.3) is 0 Å². The van der Waals surface area contributed by atoms with Crippen LogP contribution in [0.4, 0.5) is 0 Å². The SMILES string of the molecule is CCOc1cc(Br)c(Br)c(/C=N/NS(=O)(=O)c2ccc(C)cc2)c1O. The van der Waals surface area contributed by atoms with Gasteiger partial charge in [0, 0.05) is 8.95 Å². The molecular weight excluding hydrogens is 476 g/mol. The third kappa shape index (κ3) is 4.74. The minimum absolute atomic E-state index is 0.0998. The van der Waals surface area contributed by atoms with Gasteiger partial charge in [0.2, 0.25) is 0 Å². The maximum atomic E-state index is 12.2. The molecule has 0 heterocycles. The van der Waals surface area contributed by atoms with E-state index in [1.54, 1.807) is 25.1 Å². The molecule has 134 valence electrons. The number of nitrogens with one attached hydrogen (secondary N) is 1. The fourth-order valence-electron chi connectivity index (χ4n) is 1.93. The number of halogens is 2. The number of phenolic OH excluding ortho intramolecular Hbond substituents is 1. The Morgan fingerprint density at radius 2 is 1.92 bits per heavy atom. The molecule has 6 nitrogen and oxygen atoms in total. The van der Waals surface area contributed by atoms with Crippen molar-refractivity contribution in [1.29, 1.82) is 0 Å². The number of hydrogen-bond donors (Lipinski definition) is 2. The summed E-state index contributed by atoms with van der Waals surface area (Å²) >= 11 is 6.66. The fourth-order valence-corrected chi connectivity index (χ4v) is 3.54. The van der Waals surface area contributed by atoms with Crippen molar-refractivity contribution in [2.24, 2.45) is 5.10 Å². The van der Waals surface area contributed by atoms with Crippen molar-refractivity contribution in [2.45, 2.75) is 18.7 Å². The molecule has 0 aliphatic rings. The van der Waals surface area contributed by atoms with E-state index in [1.807, 2.05) is 6.92 Å². The van der Waals surface area contributed by atoms with Crippen molar-refractivity contribution in [3.63, 3.8) is 0 Å². The molecule has 9 heteroatoms. The number of aryl methyl sites for hydroxylation is 1. The van der Waals surface area contributed by atoms with Gasteiger partial charge in [-0.15, -0.1) is 0 Å². The van der Waals surface area contributed by atoms with E-state index in [0.29, 0.717) is 15.6 Å². The quantitative estimate of drug-likeness (QED) is 0.473. The van der Waals surface area contributed by atoms with Crippen LogP contribution in [-0.2, 0) is 10.0 Å². The Kier molecular flexibility index (Phi) is 6.47. The Balaban J connectivity index is 2.29. The van der Waals surface area contributed by atoms with Gasteiger partial charge in [-0.05, 0) is 63.9 Å². The second kappa shape index (κ2) is 8.20. The molecular formula is C16H16Br2N2O4S. The van der Waals surface area contributed by atoms with Crippen molar-refractivity contribution >= 4 is 48.1 Å². The summed E-state index contributed by atoms with van der Waals surface area (Å²) in [5, 5.41) is 14.0. The Morgan fingerprint density at radius 3 is 2.52 bits per heavy atom. The first-order valence-electron chi connectivity index (χ1n) is 7.21. The van der Waals surface area contributed by atoms with Crippen LogP contribution in [0.15, 0.2) is 49.3 Å². The standard InChI is InChI=1S/C16H16Br2N2O4S/c1-3-24-14-8-13(17)15(18)12(16(14)21)9-19-20-25(22,23)11-6-4-10(2)5-7-11/h4-9,20-21H,3H2,1-2H3/b19-9+. The molecule has 0 aliphatic carbocycles.